The van der Waals surface area contributed by atoms with Crippen LogP contribution in [-0.2, 0) is 16.0 Å². The molecule has 1 aromatic heterocycles. The number of amides is 1. The van der Waals surface area contributed by atoms with Gasteiger partial charge in [0, 0.05) is 62.1 Å². The van der Waals surface area contributed by atoms with E-state index >= 15 is 0 Å². The number of carbonyl (C=O) groups excluding carboxylic acids is 2. The first kappa shape index (κ1) is 27.2. The molecular formula is C32H35N4O5-. The molecule has 4 atom stereocenters. The van der Waals surface area contributed by atoms with Crippen molar-refractivity contribution in [1.82, 2.24) is 14.8 Å². The van der Waals surface area contributed by atoms with Gasteiger partial charge in [0.25, 0.3) is 0 Å². The summed E-state index contributed by atoms with van der Waals surface area (Å²) in [6, 6.07) is 15.9. The number of fused-ring (bicyclic) bond motifs is 2. The van der Waals surface area contributed by atoms with E-state index in [-0.39, 0.29) is 30.2 Å². The third-order valence-corrected chi connectivity index (χ3v) is 8.96. The molecule has 0 bridgehead atoms. The first-order valence-corrected chi connectivity index (χ1v) is 14.3. The average molecular weight is 556 g/mol. The monoisotopic (exact) mass is 555 g/mol. The maximum Gasteiger partial charge on any atom is 0.235 e. The Morgan fingerprint density at radius 3 is 2.49 bits per heavy atom. The van der Waals surface area contributed by atoms with Gasteiger partial charge in [0.1, 0.15) is 12.4 Å². The summed E-state index contributed by atoms with van der Waals surface area (Å²) in [4.78, 5) is 35.0. The number of aliphatic carboxylic acids is 1. The highest BCUT2D eigenvalue weighted by atomic mass is 16.5. The SMILES string of the molecule is C[C@@H](O)[C@H]1C(=O)N2C(C(=O)[O-])=C(COc3cccc4c(CCN5CCN(c6ccncc6)CC5)cccc34)[C@H](C)[C@H]12. The highest BCUT2D eigenvalue weighted by molar-refractivity contribution is 5.99. The molecule has 3 aliphatic rings. The number of anilines is 1. The van der Waals surface area contributed by atoms with Crippen LogP contribution in [0.3, 0.4) is 0 Å². The van der Waals surface area contributed by atoms with E-state index in [4.69, 9.17) is 4.74 Å². The van der Waals surface area contributed by atoms with Gasteiger partial charge in [-0.05, 0) is 48.1 Å². The van der Waals surface area contributed by atoms with Crippen LogP contribution in [0.4, 0.5) is 5.69 Å². The van der Waals surface area contributed by atoms with E-state index in [1.54, 1.807) is 6.92 Å². The van der Waals surface area contributed by atoms with Gasteiger partial charge >= 0.3 is 0 Å². The standard InChI is InChI=1S/C32H36N4O5/c1-20-26(30(32(39)40)36-29(20)28(21(2)37)31(36)38)19-41-27-8-4-6-24-22(5-3-7-25(24)27)11-14-34-15-17-35(18-16-34)23-9-12-33-13-10-23/h3-10,12-13,20-21,28-29,37H,11,14-19H2,1-2H3,(H,39,40)/p-1/t20-,21+,28+,29+/m0/s1. The fourth-order valence-electron chi connectivity index (χ4n) is 6.73. The molecule has 214 valence electrons. The molecule has 0 radical (unpaired) electrons. The van der Waals surface area contributed by atoms with Gasteiger partial charge in [-0.15, -0.1) is 0 Å². The van der Waals surface area contributed by atoms with Gasteiger partial charge in [-0.3, -0.25) is 14.7 Å². The maximum atomic E-state index is 12.6. The number of rotatable bonds is 9. The molecule has 2 saturated heterocycles. The van der Waals surface area contributed by atoms with E-state index in [0.717, 1.165) is 49.9 Å². The van der Waals surface area contributed by atoms with Gasteiger partial charge in [-0.2, -0.15) is 0 Å². The normalized spacial score (nSPS) is 23.5. The molecule has 4 heterocycles. The lowest BCUT2D eigenvalue weighted by molar-refractivity contribution is -0.301. The Hall–Kier alpha value is -3.95. The highest BCUT2D eigenvalue weighted by Crippen LogP contribution is 2.47. The lowest BCUT2D eigenvalue weighted by atomic mass is 9.78. The van der Waals surface area contributed by atoms with Crippen LogP contribution in [-0.4, -0.2) is 83.2 Å². The van der Waals surface area contributed by atoms with Crippen molar-refractivity contribution < 1.29 is 24.5 Å². The third-order valence-electron chi connectivity index (χ3n) is 8.96. The second kappa shape index (κ2) is 11.1. The summed E-state index contributed by atoms with van der Waals surface area (Å²) in [6.45, 7) is 8.43. The van der Waals surface area contributed by atoms with Gasteiger partial charge in [0.15, 0.2) is 0 Å². The van der Waals surface area contributed by atoms with Crippen molar-refractivity contribution in [2.45, 2.75) is 32.4 Å². The summed E-state index contributed by atoms with van der Waals surface area (Å²) >= 11 is 0. The van der Waals surface area contributed by atoms with Crippen LogP contribution < -0.4 is 14.7 Å². The fraction of sp³-hybridized carbons (Fsp3) is 0.406. The number of carboxylic acid groups (broad SMARTS) is 1. The molecule has 0 spiro atoms. The molecule has 0 aliphatic carbocycles. The number of hydrogen-bond acceptors (Lipinski definition) is 8. The number of benzene rings is 2. The number of nitrogens with zero attached hydrogens (tertiary/aromatic N) is 4. The second-order valence-electron chi connectivity index (χ2n) is 11.3. The zero-order valence-corrected chi connectivity index (χ0v) is 23.4. The molecule has 3 aliphatic heterocycles. The Kier molecular flexibility index (Phi) is 7.40. The number of piperazine rings is 1. The molecule has 9 nitrogen and oxygen atoms in total. The van der Waals surface area contributed by atoms with Crippen LogP contribution in [0.25, 0.3) is 10.8 Å². The number of aliphatic hydroxyl groups excluding tert-OH is 1. The van der Waals surface area contributed by atoms with Crippen LogP contribution in [0.2, 0.25) is 0 Å². The Balaban J connectivity index is 1.14. The van der Waals surface area contributed by atoms with E-state index in [0.29, 0.717) is 11.3 Å². The molecule has 0 unspecified atom stereocenters. The Morgan fingerprint density at radius 1 is 1.07 bits per heavy atom. The minimum atomic E-state index is -1.39. The number of aromatic nitrogens is 1. The zero-order chi connectivity index (χ0) is 28.7. The van der Waals surface area contributed by atoms with Crippen LogP contribution in [0, 0.1) is 11.8 Å². The Morgan fingerprint density at radius 2 is 1.78 bits per heavy atom. The second-order valence-corrected chi connectivity index (χ2v) is 11.3. The predicted molar refractivity (Wildman–Crippen MR) is 153 cm³/mol. The van der Waals surface area contributed by atoms with Crippen LogP contribution in [0.1, 0.15) is 19.4 Å². The van der Waals surface area contributed by atoms with E-state index in [1.807, 2.05) is 43.6 Å². The number of hydrogen-bond donors (Lipinski definition) is 1. The summed E-state index contributed by atoms with van der Waals surface area (Å²) < 4.78 is 6.24. The van der Waals surface area contributed by atoms with E-state index < -0.39 is 18.0 Å². The number of aliphatic hydroxyl groups is 1. The van der Waals surface area contributed by atoms with E-state index in [9.17, 15) is 19.8 Å². The molecule has 2 fully saturated rings. The lowest BCUT2D eigenvalue weighted by Crippen LogP contribution is -2.64. The van der Waals surface area contributed by atoms with E-state index in [1.165, 1.54) is 16.2 Å². The molecule has 9 heteroatoms. The topological polar surface area (TPSA) is 109 Å². The van der Waals surface area contributed by atoms with Gasteiger partial charge in [-0.1, -0.05) is 37.3 Å². The lowest BCUT2D eigenvalue weighted by Gasteiger charge is -2.47. The molecule has 1 amide bonds. The largest absolute Gasteiger partial charge is 0.543 e. The minimum Gasteiger partial charge on any atom is -0.543 e. The number of carboxylic acids is 1. The molecule has 2 aromatic carbocycles. The summed E-state index contributed by atoms with van der Waals surface area (Å²) in [6.07, 6.45) is 3.73. The minimum absolute atomic E-state index is 0.0301. The first-order chi connectivity index (χ1) is 19.8. The summed E-state index contributed by atoms with van der Waals surface area (Å²) in [7, 11) is 0. The van der Waals surface area contributed by atoms with Crippen LogP contribution in [0.15, 0.2) is 72.2 Å². The third kappa shape index (κ3) is 4.93. The van der Waals surface area contributed by atoms with Gasteiger partial charge in [0.2, 0.25) is 5.91 Å². The summed E-state index contributed by atoms with van der Waals surface area (Å²) in [5, 5.41) is 24.2. The fourth-order valence-corrected chi connectivity index (χ4v) is 6.73. The van der Waals surface area contributed by atoms with Crippen molar-refractivity contribution in [1.29, 1.82) is 0 Å². The molecule has 1 N–H and O–H groups in total. The molecule has 0 saturated carbocycles. The number of ether oxygens (including phenoxy) is 1. The first-order valence-electron chi connectivity index (χ1n) is 14.3. The highest BCUT2D eigenvalue weighted by Gasteiger charge is 2.58. The Labute approximate surface area is 239 Å². The van der Waals surface area contributed by atoms with Crippen molar-refractivity contribution in [3.8, 4) is 5.75 Å². The van der Waals surface area contributed by atoms with E-state index in [2.05, 4.69) is 39.0 Å². The van der Waals surface area contributed by atoms with Gasteiger partial charge in [-0.25, -0.2) is 0 Å². The average Bonchev–Trinajstić information content (AvgIpc) is 3.23. The number of pyridine rings is 1. The van der Waals surface area contributed by atoms with Crippen LogP contribution >= 0.6 is 0 Å². The van der Waals surface area contributed by atoms with Crippen molar-refractivity contribution >= 4 is 28.3 Å². The van der Waals surface area contributed by atoms with Crippen molar-refractivity contribution in [2.24, 2.45) is 11.8 Å². The predicted octanol–water partition coefficient (Wildman–Crippen LogP) is 1.84. The quantitative estimate of drug-likeness (QED) is 0.399. The zero-order valence-electron chi connectivity index (χ0n) is 23.4. The van der Waals surface area contributed by atoms with Gasteiger partial charge in [0.05, 0.1) is 29.7 Å². The number of carbonyl (C=O) groups is 2. The molecule has 6 rings (SSSR count). The summed E-state index contributed by atoms with van der Waals surface area (Å²) in [5.41, 5.74) is 2.86. The molecular weight excluding hydrogens is 520 g/mol. The van der Waals surface area contributed by atoms with Crippen molar-refractivity contribution in [3.63, 3.8) is 0 Å². The van der Waals surface area contributed by atoms with Crippen molar-refractivity contribution in [3.05, 3.63) is 77.8 Å². The Bertz CT molecular complexity index is 1480. The smallest absolute Gasteiger partial charge is 0.235 e. The molecule has 41 heavy (non-hydrogen) atoms. The molecule has 3 aromatic rings. The van der Waals surface area contributed by atoms with Crippen LogP contribution in [0.5, 0.6) is 5.75 Å². The maximum absolute atomic E-state index is 12.6. The number of β-lactam (4-membered cyclic amide) rings is 1. The summed E-state index contributed by atoms with van der Waals surface area (Å²) in [5.74, 6) is -1.97. The van der Waals surface area contributed by atoms with Gasteiger partial charge < -0.3 is 29.5 Å². The van der Waals surface area contributed by atoms with Crippen molar-refractivity contribution in [2.75, 3.05) is 44.2 Å².